The second-order valence-corrected chi connectivity index (χ2v) is 4.98. The molecule has 7 heteroatoms. The highest BCUT2D eigenvalue weighted by Crippen LogP contribution is 2.27. The van der Waals surface area contributed by atoms with Gasteiger partial charge in [0.15, 0.2) is 0 Å². The van der Waals surface area contributed by atoms with E-state index >= 15 is 0 Å². The van der Waals surface area contributed by atoms with Crippen molar-refractivity contribution in [1.29, 1.82) is 0 Å². The fourth-order valence-electron chi connectivity index (χ4n) is 2.31. The van der Waals surface area contributed by atoms with Gasteiger partial charge in [-0.15, -0.1) is 0 Å². The first-order valence-electron chi connectivity index (χ1n) is 6.76. The molecule has 0 aromatic heterocycles. The van der Waals surface area contributed by atoms with Crippen LogP contribution in [0, 0.1) is 6.92 Å². The Morgan fingerprint density at radius 2 is 2.29 bits per heavy atom. The van der Waals surface area contributed by atoms with Gasteiger partial charge in [0.25, 0.3) is 0 Å². The molecule has 1 aliphatic rings. The van der Waals surface area contributed by atoms with E-state index in [4.69, 9.17) is 0 Å². The van der Waals surface area contributed by atoms with Gasteiger partial charge in [0.2, 0.25) is 0 Å². The van der Waals surface area contributed by atoms with Gasteiger partial charge in [0.05, 0.1) is 6.10 Å². The molecule has 5 nitrogen and oxygen atoms in total. The van der Waals surface area contributed by atoms with E-state index in [2.05, 4.69) is 10.1 Å². The highest BCUT2D eigenvalue weighted by molar-refractivity contribution is 5.90. The number of piperidine rings is 1. The van der Waals surface area contributed by atoms with E-state index < -0.39 is 12.7 Å². The maximum Gasteiger partial charge on any atom is 0.387 e. The summed E-state index contributed by atoms with van der Waals surface area (Å²) in [6.45, 7) is -0.474. The minimum absolute atomic E-state index is 0.0291. The highest BCUT2D eigenvalue weighted by atomic mass is 19.3. The Morgan fingerprint density at radius 1 is 1.52 bits per heavy atom. The average molecular weight is 300 g/mol. The molecular formula is C14H18F2N2O3. The average Bonchev–Trinajstić information content (AvgIpc) is 2.42. The number of nitrogens with zero attached hydrogens (tertiary/aromatic N) is 1. The molecule has 0 radical (unpaired) electrons. The molecular weight excluding hydrogens is 282 g/mol. The molecule has 1 aromatic carbocycles. The van der Waals surface area contributed by atoms with Crippen molar-refractivity contribution >= 4 is 11.7 Å². The number of hydrogen-bond donors (Lipinski definition) is 2. The number of alkyl halides is 2. The van der Waals surface area contributed by atoms with Gasteiger partial charge in [-0.25, -0.2) is 4.79 Å². The topological polar surface area (TPSA) is 61.8 Å². The summed E-state index contributed by atoms with van der Waals surface area (Å²) >= 11 is 0. The fourth-order valence-corrected chi connectivity index (χ4v) is 2.31. The molecule has 1 aliphatic heterocycles. The van der Waals surface area contributed by atoms with Crippen LogP contribution in [0.3, 0.4) is 0 Å². The van der Waals surface area contributed by atoms with Crippen molar-refractivity contribution in [3.05, 3.63) is 23.8 Å². The van der Waals surface area contributed by atoms with Gasteiger partial charge in [-0.1, -0.05) is 6.07 Å². The molecule has 0 spiro atoms. The second-order valence-electron chi connectivity index (χ2n) is 4.98. The maximum absolute atomic E-state index is 12.3. The lowest BCUT2D eigenvalue weighted by Gasteiger charge is -2.30. The van der Waals surface area contributed by atoms with E-state index in [0.717, 1.165) is 6.42 Å². The maximum atomic E-state index is 12.3. The summed E-state index contributed by atoms with van der Waals surface area (Å²) in [5, 5.41) is 12.2. The SMILES string of the molecule is Cc1c(NC(=O)N2CCC[C@H](O)C2)cccc1OC(F)F. The number of nitrogens with one attached hydrogen (secondary N) is 1. The number of rotatable bonds is 3. The summed E-state index contributed by atoms with van der Waals surface area (Å²) < 4.78 is 29.0. The van der Waals surface area contributed by atoms with E-state index in [1.165, 1.54) is 17.0 Å². The third-order valence-electron chi connectivity index (χ3n) is 3.43. The van der Waals surface area contributed by atoms with Crippen LogP contribution in [0.25, 0.3) is 0 Å². The predicted octanol–water partition coefficient (Wildman–Crippen LogP) is 2.59. The molecule has 0 bridgehead atoms. The Hall–Kier alpha value is -1.89. The first-order valence-corrected chi connectivity index (χ1v) is 6.76. The number of ether oxygens (including phenoxy) is 1. The normalized spacial score (nSPS) is 18.7. The molecule has 2 N–H and O–H groups in total. The van der Waals surface area contributed by atoms with E-state index in [0.29, 0.717) is 24.2 Å². The largest absolute Gasteiger partial charge is 0.434 e. The van der Waals surface area contributed by atoms with Gasteiger partial charge in [-0.3, -0.25) is 0 Å². The third kappa shape index (κ3) is 4.04. The van der Waals surface area contributed by atoms with Crippen LogP contribution in [-0.2, 0) is 0 Å². The first-order chi connectivity index (χ1) is 9.97. The van der Waals surface area contributed by atoms with Crippen LogP contribution < -0.4 is 10.1 Å². The van der Waals surface area contributed by atoms with Crippen LogP contribution in [0.1, 0.15) is 18.4 Å². The fraction of sp³-hybridized carbons (Fsp3) is 0.500. The number of aliphatic hydroxyl groups is 1. The molecule has 2 rings (SSSR count). The van der Waals surface area contributed by atoms with E-state index in [1.54, 1.807) is 13.0 Å². The number of amides is 2. The lowest BCUT2D eigenvalue weighted by molar-refractivity contribution is -0.0502. The summed E-state index contributed by atoms with van der Waals surface area (Å²) in [6, 6.07) is 4.21. The molecule has 0 unspecified atom stereocenters. The number of aliphatic hydroxyl groups excluding tert-OH is 1. The Balaban J connectivity index is 2.06. The number of β-amino-alcohol motifs (C(OH)–C–C–N with tert-alkyl or cyclic N) is 1. The zero-order valence-corrected chi connectivity index (χ0v) is 11.7. The molecule has 0 saturated carbocycles. The molecule has 1 heterocycles. The van der Waals surface area contributed by atoms with Crippen LogP contribution in [0.15, 0.2) is 18.2 Å². The van der Waals surface area contributed by atoms with Gasteiger partial charge < -0.3 is 20.1 Å². The van der Waals surface area contributed by atoms with Crippen LogP contribution in [0.4, 0.5) is 19.3 Å². The van der Waals surface area contributed by atoms with Crippen molar-refractivity contribution in [2.45, 2.75) is 32.5 Å². The minimum atomic E-state index is -2.91. The predicted molar refractivity (Wildman–Crippen MR) is 73.6 cm³/mol. The number of carbonyl (C=O) groups is 1. The highest BCUT2D eigenvalue weighted by Gasteiger charge is 2.22. The van der Waals surface area contributed by atoms with Gasteiger partial charge in [-0.05, 0) is 31.9 Å². The van der Waals surface area contributed by atoms with E-state index in [9.17, 15) is 18.7 Å². The zero-order valence-electron chi connectivity index (χ0n) is 11.7. The second kappa shape index (κ2) is 6.71. The first kappa shape index (κ1) is 15.5. The van der Waals surface area contributed by atoms with E-state index in [1.807, 2.05) is 0 Å². The van der Waals surface area contributed by atoms with Crippen LogP contribution in [0.5, 0.6) is 5.75 Å². The lowest BCUT2D eigenvalue weighted by Crippen LogP contribution is -2.44. The van der Waals surface area contributed by atoms with Crippen molar-refractivity contribution in [1.82, 2.24) is 4.90 Å². The lowest BCUT2D eigenvalue weighted by atomic mass is 10.1. The summed E-state index contributed by atoms with van der Waals surface area (Å²) in [5.41, 5.74) is 0.849. The Kier molecular flexibility index (Phi) is 4.95. The van der Waals surface area contributed by atoms with Gasteiger partial charge >= 0.3 is 12.6 Å². The smallest absolute Gasteiger partial charge is 0.387 e. The molecule has 1 aromatic rings. The number of halogens is 2. The Labute approximate surface area is 121 Å². The quantitative estimate of drug-likeness (QED) is 0.902. The number of likely N-dealkylation sites (tertiary alicyclic amines) is 1. The van der Waals surface area contributed by atoms with Crippen molar-refractivity contribution in [2.24, 2.45) is 0 Å². The molecule has 21 heavy (non-hydrogen) atoms. The number of urea groups is 1. The van der Waals surface area contributed by atoms with Gasteiger partial charge in [-0.2, -0.15) is 8.78 Å². The Bertz CT molecular complexity index is 511. The zero-order chi connectivity index (χ0) is 15.4. The number of benzene rings is 1. The van der Waals surface area contributed by atoms with Crippen LogP contribution >= 0.6 is 0 Å². The van der Waals surface area contributed by atoms with Gasteiger partial charge in [0.1, 0.15) is 5.75 Å². The molecule has 116 valence electrons. The van der Waals surface area contributed by atoms with Crippen molar-refractivity contribution in [3.63, 3.8) is 0 Å². The number of anilines is 1. The standard InChI is InChI=1S/C14H18F2N2O3/c1-9-11(5-2-6-12(9)21-13(15)16)17-14(20)18-7-3-4-10(19)8-18/h2,5-6,10,13,19H,3-4,7-8H2,1H3,(H,17,20)/t10-/m0/s1. The van der Waals surface area contributed by atoms with Crippen molar-refractivity contribution < 1.29 is 23.4 Å². The van der Waals surface area contributed by atoms with Crippen LogP contribution in [0.2, 0.25) is 0 Å². The monoisotopic (exact) mass is 300 g/mol. The molecule has 1 atom stereocenters. The summed E-state index contributed by atoms with van der Waals surface area (Å²) in [4.78, 5) is 13.6. The van der Waals surface area contributed by atoms with E-state index in [-0.39, 0.29) is 18.3 Å². The Morgan fingerprint density at radius 3 is 2.95 bits per heavy atom. The molecule has 1 saturated heterocycles. The molecule has 0 aliphatic carbocycles. The number of hydrogen-bond acceptors (Lipinski definition) is 3. The van der Waals surface area contributed by atoms with Crippen molar-refractivity contribution in [2.75, 3.05) is 18.4 Å². The third-order valence-corrected chi connectivity index (χ3v) is 3.43. The van der Waals surface area contributed by atoms with Crippen LogP contribution in [-0.4, -0.2) is 41.8 Å². The summed E-state index contributed by atoms with van der Waals surface area (Å²) in [5.74, 6) is 0.0291. The molecule has 1 fully saturated rings. The summed E-state index contributed by atoms with van der Waals surface area (Å²) in [7, 11) is 0. The van der Waals surface area contributed by atoms with Crippen molar-refractivity contribution in [3.8, 4) is 5.75 Å². The molecule has 2 amide bonds. The summed E-state index contributed by atoms with van der Waals surface area (Å²) in [6.07, 6.45) is 0.905. The number of carbonyl (C=O) groups excluding carboxylic acids is 1. The minimum Gasteiger partial charge on any atom is -0.434 e. The van der Waals surface area contributed by atoms with Gasteiger partial charge in [0, 0.05) is 24.3 Å².